The lowest BCUT2D eigenvalue weighted by atomic mass is 9.85. The Morgan fingerprint density at radius 1 is 1.56 bits per heavy atom. The quantitative estimate of drug-likeness (QED) is 0.855. The van der Waals surface area contributed by atoms with Gasteiger partial charge in [0.15, 0.2) is 0 Å². The molecule has 1 unspecified atom stereocenters. The van der Waals surface area contributed by atoms with Crippen molar-refractivity contribution in [3.8, 4) is 0 Å². The zero-order valence-corrected chi connectivity index (χ0v) is 13.2. The Balaban J connectivity index is 2.82. The zero-order chi connectivity index (χ0) is 13.8. The molecule has 5 heteroatoms. The minimum absolute atomic E-state index is 0.0245. The second kappa shape index (κ2) is 6.53. The van der Waals surface area contributed by atoms with Crippen LogP contribution in [0.5, 0.6) is 0 Å². The van der Waals surface area contributed by atoms with Crippen LogP contribution in [0.3, 0.4) is 0 Å². The molecule has 18 heavy (non-hydrogen) atoms. The first-order valence-corrected chi connectivity index (χ1v) is 7.16. The van der Waals surface area contributed by atoms with Gasteiger partial charge in [0.2, 0.25) is 0 Å². The lowest BCUT2D eigenvalue weighted by Gasteiger charge is -2.31. The number of pyridine rings is 1. The van der Waals surface area contributed by atoms with E-state index in [2.05, 4.69) is 47.0 Å². The molecule has 1 aromatic rings. The Labute approximate surface area is 121 Å². The first kappa shape index (κ1) is 15.4. The molecule has 0 aliphatic heterocycles. The number of alkyl halides is 1. The maximum Gasteiger partial charge on any atom is 0.271 e. The summed E-state index contributed by atoms with van der Waals surface area (Å²) in [6.45, 7) is 6.24. The molecule has 1 amide bonds. The van der Waals surface area contributed by atoms with E-state index in [-0.39, 0.29) is 17.4 Å². The molecular weight excluding hydrogens is 316 g/mol. The van der Waals surface area contributed by atoms with Crippen LogP contribution in [0.25, 0.3) is 0 Å². The van der Waals surface area contributed by atoms with Crippen molar-refractivity contribution in [1.82, 2.24) is 10.3 Å². The van der Waals surface area contributed by atoms with Gasteiger partial charge in [0, 0.05) is 22.6 Å². The summed E-state index contributed by atoms with van der Waals surface area (Å²) < 4.78 is 0.695. The van der Waals surface area contributed by atoms with E-state index in [1.54, 1.807) is 18.3 Å². The zero-order valence-electron chi connectivity index (χ0n) is 10.8. The van der Waals surface area contributed by atoms with Gasteiger partial charge in [-0.05, 0) is 39.9 Å². The molecule has 0 spiro atoms. The molecule has 1 aromatic heterocycles. The number of nitrogens with one attached hydrogen (secondary N) is 1. The normalized spacial score (nSPS) is 13.2. The molecule has 0 aliphatic carbocycles. The second-order valence-corrected chi connectivity index (χ2v) is 6.44. The van der Waals surface area contributed by atoms with E-state index in [9.17, 15) is 4.79 Å². The number of halogens is 2. The van der Waals surface area contributed by atoms with E-state index in [1.807, 2.05) is 0 Å². The third kappa shape index (κ3) is 4.25. The van der Waals surface area contributed by atoms with Crippen molar-refractivity contribution in [2.75, 3.05) is 5.88 Å². The Hall–Kier alpha value is -0.610. The molecule has 1 N–H and O–H groups in total. The summed E-state index contributed by atoms with van der Waals surface area (Å²) in [7, 11) is 0. The summed E-state index contributed by atoms with van der Waals surface area (Å²) in [5.41, 5.74) is 0.368. The number of rotatable bonds is 4. The Kier molecular flexibility index (Phi) is 5.60. The van der Waals surface area contributed by atoms with Crippen LogP contribution >= 0.6 is 27.5 Å². The molecule has 0 fully saturated rings. The lowest BCUT2D eigenvalue weighted by molar-refractivity contribution is 0.0894. The van der Waals surface area contributed by atoms with Crippen molar-refractivity contribution in [1.29, 1.82) is 0 Å². The van der Waals surface area contributed by atoms with E-state index in [1.165, 1.54) is 0 Å². The maximum absolute atomic E-state index is 12.2. The molecule has 1 heterocycles. The average Bonchev–Trinajstić information content (AvgIpc) is 2.27. The Morgan fingerprint density at radius 2 is 2.22 bits per heavy atom. The fraction of sp³-hybridized carbons (Fsp3) is 0.538. The van der Waals surface area contributed by atoms with Gasteiger partial charge in [0.25, 0.3) is 5.91 Å². The highest BCUT2D eigenvalue weighted by molar-refractivity contribution is 9.10. The molecule has 1 rings (SSSR count). The summed E-state index contributed by atoms with van der Waals surface area (Å²) in [6.07, 6.45) is 2.34. The minimum atomic E-state index is -0.174. The summed E-state index contributed by atoms with van der Waals surface area (Å²) >= 11 is 9.11. The minimum Gasteiger partial charge on any atom is -0.347 e. The predicted molar refractivity (Wildman–Crippen MR) is 78.0 cm³/mol. The number of carbonyl (C=O) groups is 1. The van der Waals surface area contributed by atoms with Gasteiger partial charge in [0.1, 0.15) is 5.69 Å². The van der Waals surface area contributed by atoms with Crippen LogP contribution < -0.4 is 5.32 Å². The van der Waals surface area contributed by atoms with Gasteiger partial charge in [0.05, 0.1) is 0 Å². The fourth-order valence-electron chi connectivity index (χ4n) is 1.61. The second-order valence-electron chi connectivity index (χ2n) is 5.20. The van der Waals surface area contributed by atoms with Crippen molar-refractivity contribution < 1.29 is 4.79 Å². The molecule has 0 saturated carbocycles. The summed E-state index contributed by atoms with van der Waals surface area (Å²) in [5.74, 6) is 0.346. The monoisotopic (exact) mass is 332 g/mol. The van der Waals surface area contributed by atoms with Gasteiger partial charge in [-0.15, -0.1) is 11.6 Å². The smallest absolute Gasteiger partial charge is 0.271 e. The molecule has 0 saturated heterocycles. The molecule has 0 radical (unpaired) electrons. The summed E-state index contributed by atoms with van der Waals surface area (Å²) in [6, 6.07) is 3.60. The van der Waals surface area contributed by atoms with Crippen LogP contribution in [0.4, 0.5) is 0 Å². The highest BCUT2D eigenvalue weighted by Gasteiger charge is 2.26. The highest BCUT2D eigenvalue weighted by Crippen LogP contribution is 2.23. The van der Waals surface area contributed by atoms with Gasteiger partial charge in [-0.25, -0.2) is 4.98 Å². The van der Waals surface area contributed by atoms with E-state index >= 15 is 0 Å². The third-order valence-corrected chi connectivity index (χ3v) is 3.58. The van der Waals surface area contributed by atoms with Crippen molar-refractivity contribution in [2.45, 2.75) is 33.2 Å². The van der Waals surface area contributed by atoms with Crippen LogP contribution in [0.1, 0.15) is 37.7 Å². The third-order valence-electron chi connectivity index (χ3n) is 2.72. The Bertz CT molecular complexity index is 418. The fourth-order valence-corrected chi connectivity index (χ4v) is 2.26. The van der Waals surface area contributed by atoms with E-state index in [0.717, 1.165) is 6.42 Å². The largest absolute Gasteiger partial charge is 0.347 e. The average molecular weight is 334 g/mol. The van der Waals surface area contributed by atoms with E-state index in [4.69, 9.17) is 11.6 Å². The molecule has 0 aliphatic rings. The van der Waals surface area contributed by atoms with Crippen LogP contribution in [0, 0.1) is 5.41 Å². The number of nitrogens with zero attached hydrogens (tertiary/aromatic N) is 1. The number of amides is 1. The summed E-state index contributed by atoms with van der Waals surface area (Å²) in [5, 5.41) is 3.00. The predicted octanol–water partition coefficient (Wildman–Crippen LogP) is 3.62. The topological polar surface area (TPSA) is 42.0 Å². The number of aromatic nitrogens is 1. The molecular formula is C13H18BrClN2O. The standard InChI is InChI=1S/C13H18BrClN2O/c1-13(2,3)10(6-7-15)17-12(18)11-9(14)5-4-8-16-11/h4-5,8,10H,6-7H2,1-3H3,(H,17,18). The maximum atomic E-state index is 12.2. The molecule has 0 bridgehead atoms. The molecule has 1 atom stereocenters. The molecule has 100 valence electrons. The lowest BCUT2D eigenvalue weighted by Crippen LogP contribution is -2.44. The van der Waals surface area contributed by atoms with Gasteiger partial charge < -0.3 is 5.32 Å². The number of hydrogen-bond acceptors (Lipinski definition) is 2. The van der Waals surface area contributed by atoms with E-state index in [0.29, 0.717) is 16.0 Å². The number of hydrogen-bond donors (Lipinski definition) is 1. The van der Waals surface area contributed by atoms with E-state index < -0.39 is 0 Å². The van der Waals surface area contributed by atoms with Crippen LogP contribution in [-0.4, -0.2) is 22.8 Å². The van der Waals surface area contributed by atoms with Crippen molar-refractivity contribution in [3.05, 3.63) is 28.5 Å². The summed E-state index contributed by atoms with van der Waals surface area (Å²) in [4.78, 5) is 16.2. The first-order valence-electron chi connectivity index (χ1n) is 5.83. The first-order chi connectivity index (χ1) is 8.36. The van der Waals surface area contributed by atoms with Gasteiger partial charge >= 0.3 is 0 Å². The highest BCUT2D eigenvalue weighted by atomic mass is 79.9. The van der Waals surface area contributed by atoms with Gasteiger partial charge in [-0.2, -0.15) is 0 Å². The molecule has 0 aromatic carbocycles. The SMILES string of the molecule is CC(C)(C)C(CCCl)NC(=O)c1ncccc1Br. The van der Waals surface area contributed by atoms with Gasteiger partial charge in [-0.3, -0.25) is 4.79 Å². The Morgan fingerprint density at radius 3 is 2.72 bits per heavy atom. The van der Waals surface area contributed by atoms with Gasteiger partial charge in [-0.1, -0.05) is 20.8 Å². The molecule has 3 nitrogen and oxygen atoms in total. The van der Waals surface area contributed by atoms with Crippen LogP contribution in [0.15, 0.2) is 22.8 Å². The van der Waals surface area contributed by atoms with Crippen molar-refractivity contribution >= 4 is 33.4 Å². The van der Waals surface area contributed by atoms with Crippen molar-refractivity contribution in [2.24, 2.45) is 5.41 Å². The van der Waals surface area contributed by atoms with Crippen LogP contribution in [0.2, 0.25) is 0 Å². The van der Waals surface area contributed by atoms with Crippen LogP contribution in [-0.2, 0) is 0 Å². The van der Waals surface area contributed by atoms with Crippen molar-refractivity contribution in [3.63, 3.8) is 0 Å². The number of carbonyl (C=O) groups excluding carboxylic acids is 1.